The number of methoxy groups -OCH3 is 3. The Morgan fingerprint density at radius 2 is 1.79 bits per heavy atom. The van der Waals surface area contributed by atoms with Crippen molar-refractivity contribution in [3.8, 4) is 0 Å². The molecule has 0 aromatic heterocycles. The van der Waals surface area contributed by atoms with Crippen LogP contribution in [0.4, 0.5) is 5.69 Å². The molecule has 1 amide bonds. The van der Waals surface area contributed by atoms with E-state index in [2.05, 4.69) is 10.2 Å². The molecule has 1 saturated heterocycles. The van der Waals surface area contributed by atoms with Gasteiger partial charge in [-0.2, -0.15) is 0 Å². The maximum Gasteiger partial charge on any atom is 0.340 e. The highest BCUT2D eigenvalue weighted by Gasteiger charge is 2.93. The third kappa shape index (κ3) is 3.24. The van der Waals surface area contributed by atoms with Crippen molar-refractivity contribution in [2.45, 2.75) is 92.7 Å². The van der Waals surface area contributed by atoms with Gasteiger partial charge < -0.3 is 39.6 Å². The van der Waals surface area contributed by atoms with E-state index < -0.39 is 63.9 Å². The molecule has 12 atom stereocenters. The fraction of sp³-hybridized carbons (Fsp3) is 0.750. The minimum Gasteiger partial charge on any atom is -0.454 e. The maximum absolute atomic E-state index is 14.0. The van der Waals surface area contributed by atoms with E-state index in [1.54, 1.807) is 45.6 Å². The minimum absolute atomic E-state index is 0.0723. The van der Waals surface area contributed by atoms with Crippen LogP contribution in [-0.4, -0.2) is 113 Å². The van der Waals surface area contributed by atoms with Crippen LogP contribution in [0.5, 0.6) is 0 Å². The smallest absolute Gasteiger partial charge is 0.340 e. The Bertz CT molecular complexity index is 1340. The molecule has 5 aliphatic carbocycles. The zero-order valence-electron chi connectivity index (χ0n) is 25.5. The van der Waals surface area contributed by atoms with Gasteiger partial charge in [0.1, 0.15) is 22.4 Å². The number of hydrogen-bond donors (Lipinski definition) is 4. The number of nitrogens with zero attached hydrogens (tertiary/aromatic N) is 1. The number of nitrogens with one attached hydrogen (secondary N) is 1. The normalized spacial score (nSPS) is 49.1. The molecule has 6 aliphatic rings. The number of amides is 1. The van der Waals surface area contributed by atoms with Gasteiger partial charge in [-0.25, -0.2) is 4.79 Å². The summed E-state index contributed by atoms with van der Waals surface area (Å²) in [6, 6.07) is 6.23. The van der Waals surface area contributed by atoms with E-state index in [-0.39, 0.29) is 36.3 Å². The standard InChI is InChI=1S/C32H44N2O9/c1-6-34-16-28(43-26(36)18-9-7-8-10-20(18)33-17(2)35)12-11-24(41-4)31-22-13-19-21(40-3)14-30(38,32(22,39)25(19)42-5)29(37,27(31)34)15-23(28)31/h7-10,19,21-25,27,37-39H,6,11-16H2,1-5H3,(H,33,35)/t19-,21+,22+,23-,24-,25+,27-,28-,29+,30+,31-,32+/m1/s1. The molecule has 43 heavy (non-hydrogen) atoms. The molecule has 0 radical (unpaired) electrons. The topological polar surface area (TPSA) is 147 Å². The largest absolute Gasteiger partial charge is 0.454 e. The number of hydrogen-bond acceptors (Lipinski definition) is 10. The van der Waals surface area contributed by atoms with Crippen LogP contribution in [0.15, 0.2) is 24.3 Å². The molecule has 6 fully saturated rings. The molecule has 11 nitrogen and oxygen atoms in total. The predicted molar refractivity (Wildman–Crippen MR) is 153 cm³/mol. The number of anilines is 1. The van der Waals surface area contributed by atoms with Crippen molar-refractivity contribution in [1.29, 1.82) is 0 Å². The van der Waals surface area contributed by atoms with Crippen LogP contribution in [0.1, 0.15) is 56.3 Å². The molecule has 1 aromatic rings. The molecule has 7 bridgehead atoms. The molecule has 1 aliphatic heterocycles. The van der Waals surface area contributed by atoms with E-state index in [9.17, 15) is 24.9 Å². The van der Waals surface area contributed by atoms with Gasteiger partial charge in [0, 0.05) is 64.4 Å². The third-order valence-corrected chi connectivity index (χ3v) is 12.7. The molecule has 236 valence electrons. The maximum atomic E-state index is 14.0. The Morgan fingerprint density at radius 1 is 1.05 bits per heavy atom. The van der Waals surface area contributed by atoms with Crippen molar-refractivity contribution in [3.63, 3.8) is 0 Å². The van der Waals surface area contributed by atoms with Gasteiger partial charge in [-0.05, 0) is 44.4 Å². The second-order valence-corrected chi connectivity index (χ2v) is 13.9. The second-order valence-electron chi connectivity index (χ2n) is 13.9. The van der Waals surface area contributed by atoms with Crippen molar-refractivity contribution in [2.24, 2.45) is 23.2 Å². The van der Waals surface area contributed by atoms with Crippen LogP contribution < -0.4 is 5.32 Å². The van der Waals surface area contributed by atoms with E-state index in [1.807, 2.05) is 6.92 Å². The van der Waals surface area contributed by atoms with Crippen molar-refractivity contribution >= 4 is 17.6 Å². The van der Waals surface area contributed by atoms with Crippen LogP contribution in [0.2, 0.25) is 0 Å². The molecule has 1 aromatic carbocycles. The van der Waals surface area contributed by atoms with Crippen LogP contribution in [0.3, 0.4) is 0 Å². The molecule has 5 saturated carbocycles. The van der Waals surface area contributed by atoms with Crippen molar-refractivity contribution in [1.82, 2.24) is 4.90 Å². The van der Waals surface area contributed by atoms with Gasteiger partial charge in [-0.15, -0.1) is 0 Å². The number of piperidine rings is 1. The monoisotopic (exact) mass is 600 g/mol. The summed E-state index contributed by atoms with van der Waals surface area (Å²) < 4.78 is 24.8. The molecule has 11 heteroatoms. The molecule has 7 rings (SSSR count). The number of aliphatic hydroxyl groups is 3. The number of ether oxygens (including phenoxy) is 4. The van der Waals surface area contributed by atoms with Crippen LogP contribution >= 0.6 is 0 Å². The van der Waals surface area contributed by atoms with E-state index in [0.29, 0.717) is 38.0 Å². The number of carbonyl (C=O) groups is 2. The van der Waals surface area contributed by atoms with Gasteiger partial charge in [-0.1, -0.05) is 19.1 Å². The lowest BCUT2D eigenvalue weighted by molar-refractivity contribution is -0.369. The number of likely N-dealkylation sites (tertiary alicyclic amines) is 1. The summed E-state index contributed by atoms with van der Waals surface area (Å²) in [5, 5.41) is 41.5. The number of para-hydroxylation sites is 1. The van der Waals surface area contributed by atoms with Gasteiger partial charge in [0.05, 0.1) is 35.6 Å². The first-order valence-electron chi connectivity index (χ1n) is 15.5. The summed E-state index contributed by atoms with van der Waals surface area (Å²) in [7, 11) is 4.82. The molecule has 1 heterocycles. The average molecular weight is 601 g/mol. The van der Waals surface area contributed by atoms with E-state index in [4.69, 9.17) is 18.9 Å². The number of rotatable bonds is 7. The highest BCUT2D eigenvalue weighted by atomic mass is 16.6. The highest BCUT2D eigenvalue weighted by Crippen LogP contribution is 2.80. The third-order valence-electron chi connectivity index (χ3n) is 12.7. The van der Waals surface area contributed by atoms with Gasteiger partial charge in [0.25, 0.3) is 0 Å². The number of fused-ring (bicyclic) bond motifs is 2. The number of carbonyl (C=O) groups excluding carboxylic acids is 2. The van der Waals surface area contributed by atoms with Crippen LogP contribution in [0, 0.1) is 23.2 Å². The Hall–Kier alpha value is -2.12. The summed E-state index contributed by atoms with van der Waals surface area (Å²) in [5.41, 5.74) is -6.72. The fourth-order valence-electron chi connectivity index (χ4n) is 11.6. The number of likely N-dealkylation sites (N-methyl/N-ethyl adjacent to an activating group) is 1. The summed E-state index contributed by atoms with van der Waals surface area (Å²) in [6.07, 6.45) is 0.245. The Morgan fingerprint density at radius 3 is 2.44 bits per heavy atom. The summed E-state index contributed by atoms with van der Waals surface area (Å²) in [5.74, 6) is -1.97. The van der Waals surface area contributed by atoms with Crippen LogP contribution in [0.25, 0.3) is 0 Å². The fourth-order valence-corrected chi connectivity index (χ4v) is 11.6. The van der Waals surface area contributed by atoms with Crippen LogP contribution in [-0.2, 0) is 23.7 Å². The first-order chi connectivity index (χ1) is 20.4. The lowest BCUT2D eigenvalue weighted by atomic mass is 9.43. The van der Waals surface area contributed by atoms with Crippen molar-refractivity contribution in [3.05, 3.63) is 29.8 Å². The molecule has 1 spiro atoms. The van der Waals surface area contributed by atoms with Gasteiger partial charge in [0.15, 0.2) is 0 Å². The lowest BCUT2D eigenvalue weighted by Gasteiger charge is -2.71. The second kappa shape index (κ2) is 9.45. The van der Waals surface area contributed by atoms with E-state index >= 15 is 0 Å². The van der Waals surface area contributed by atoms with Gasteiger partial charge >= 0.3 is 5.97 Å². The zero-order valence-corrected chi connectivity index (χ0v) is 25.5. The number of esters is 1. The zero-order chi connectivity index (χ0) is 30.7. The number of benzene rings is 1. The highest BCUT2D eigenvalue weighted by molar-refractivity contribution is 6.00. The Balaban J connectivity index is 1.41. The first-order valence-corrected chi connectivity index (χ1v) is 15.5. The lowest BCUT2D eigenvalue weighted by Crippen LogP contribution is -2.87. The average Bonchev–Trinajstić information content (AvgIpc) is 3.36. The van der Waals surface area contributed by atoms with Crippen molar-refractivity contribution in [2.75, 3.05) is 39.7 Å². The van der Waals surface area contributed by atoms with Gasteiger partial charge in [0.2, 0.25) is 5.91 Å². The molecular formula is C32H44N2O9. The van der Waals surface area contributed by atoms with Gasteiger partial charge in [-0.3, -0.25) is 9.69 Å². The summed E-state index contributed by atoms with van der Waals surface area (Å²) in [4.78, 5) is 28.1. The summed E-state index contributed by atoms with van der Waals surface area (Å²) in [6.45, 7) is 4.30. The van der Waals surface area contributed by atoms with E-state index in [0.717, 1.165) is 0 Å². The molecule has 0 unspecified atom stereocenters. The minimum atomic E-state index is -1.93. The quantitative estimate of drug-likeness (QED) is 0.338. The Labute approximate surface area is 251 Å². The van der Waals surface area contributed by atoms with E-state index in [1.165, 1.54) is 6.92 Å². The predicted octanol–water partition coefficient (Wildman–Crippen LogP) is 1.34. The SMILES string of the molecule is CCN1C[C@]2(OC(=O)c3ccccc3NC(C)=O)CC[C@@H](OC)[C@@]34[C@@H]2C[C@](O)([C@@H]13)[C@@]1(O)C[C@H](OC)[C@H]2C[C@@H]4[C@]1(O)[C@H]2OC. The Kier molecular flexibility index (Phi) is 6.50. The molecule has 4 N–H and O–H groups in total. The first kappa shape index (κ1) is 29.6. The van der Waals surface area contributed by atoms with Crippen molar-refractivity contribution < 1.29 is 43.9 Å². The molecular weight excluding hydrogens is 556 g/mol. The summed E-state index contributed by atoms with van der Waals surface area (Å²) >= 11 is 0.